The fourth-order valence-electron chi connectivity index (χ4n) is 1.47. The molecular weight excluding hydrogens is 96.1 g/mol. The van der Waals surface area contributed by atoms with E-state index in [9.17, 15) is 0 Å². The first-order chi connectivity index (χ1) is 4.79. The summed E-state index contributed by atoms with van der Waals surface area (Å²) in [4.78, 5) is 0. The number of fused-ring (bicyclic) bond motifs is 2. The summed E-state index contributed by atoms with van der Waals surface area (Å²) in [7, 11) is 0. The van der Waals surface area contributed by atoms with E-state index in [1.165, 1.54) is 0 Å². The summed E-state index contributed by atoms with van der Waals surface area (Å²) in [6, 6.07) is 0. The molecule has 0 heteroatoms. The minimum Gasteiger partial charge on any atom is -0.0851 e. The third kappa shape index (κ3) is 0.594. The Balaban J connectivity index is 2.25. The Morgan fingerprint density at radius 1 is 1.12 bits per heavy atom. The largest absolute Gasteiger partial charge is 0.0851 e. The van der Waals surface area contributed by atoms with Gasteiger partial charge in [0.05, 0.1) is 0 Å². The Morgan fingerprint density at radius 2 is 1.62 bits per heavy atom. The van der Waals surface area contributed by atoms with Crippen LogP contribution in [-0.2, 0) is 0 Å². The Hall–Kier alpha value is -0.260. The van der Waals surface area contributed by atoms with Crippen molar-refractivity contribution in [3.63, 3.8) is 0 Å². The lowest BCUT2D eigenvalue weighted by atomic mass is 9.76. The molecular formula is C8H12. The topological polar surface area (TPSA) is 0 Å². The lowest BCUT2D eigenvalue weighted by Crippen LogP contribution is -2.16. The lowest BCUT2D eigenvalue weighted by Gasteiger charge is -2.29. The lowest BCUT2D eigenvalue weighted by molar-refractivity contribution is 0.329. The molecule has 3 aliphatic rings. The molecule has 2 unspecified atom stereocenters. The summed E-state index contributed by atoms with van der Waals surface area (Å²) < 4.78 is 15.3. The maximum atomic E-state index is 7.63. The van der Waals surface area contributed by atoms with Crippen molar-refractivity contribution < 1.29 is 2.74 Å². The van der Waals surface area contributed by atoms with E-state index in [0.717, 1.165) is 12.8 Å². The van der Waals surface area contributed by atoms with Gasteiger partial charge in [-0.25, -0.2) is 0 Å². The van der Waals surface area contributed by atoms with E-state index >= 15 is 0 Å². The highest BCUT2D eigenvalue weighted by molar-refractivity contribution is 5.02. The van der Waals surface area contributed by atoms with E-state index in [0.29, 0.717) is 11.8 Å². The number of hydrogen-bond acceptors (Lipinski definition) is 0. The molecule has 0 heterocycles. The minimum atomic E-state index is -0.135. The first kappa shape index (κ1) is 3.05. The molecule has 8 heavy (non-hydrogen) atoms. The number of hydrogen-bond donors (Lipinski definition) is 0. The van der Waals surface area contributed by atoms with Gasteiger partial charge in [-0.1, -0.05) is 12.2 Å². The molecule has 0 N–H and O–H groups in total. The standard InChI is InChI=1S/C8H12/c1-2-8-5-3-7(1)4-6-8/h1-2,7-8H,3-6H2/i3D,5D/t3-,5+,7?,8?. The van der Waals surface area contributed by atoms with Crippen molar-refractivity contribution in [1.29, 1.82) is 0 Å². The summed E-state index contributed by atoms with van der Waals surface area (Å²) in [6.45, 7) is 0. The molecule has 2 bridgehead atoms. The van der Waals surface area contributed by atoms with Crippen LogP contribution < -0.4 is 0 Å². The van der Waals surface area contributed by atoms with Crippen LogP contribution in [-0.4, -0.2) is 0 Å². The first-order valence-corrected chi connectivity index (χ1v) is 3.32. The summed E-state index contributed by atoms with van der Waals surface area (Å²) >= 11 is 0. The molecule has 0 aromatic carbocycles. The molecule has 0 radical (unpaired) electrons. The van der Waals surface area contributed by atoms with Crippen molar-refractivity contribution in [2.75, 3.05) is 0 Å². The van der Waals surface area contributed by atoms with Gasteiger partial charge in [0, 0.05) is 2.74 Å². The fourth-order valence-corrected chi connectivity index (χ4v) is 1.47. The van der Waals surface area contributed by atoms with Gasteiger partial charge in [-0.3, -0.25) is 0 Å². The minimum absolute atomic E-state index is 0.135. The van der Waals surface area contributed by atoms with E-state index < -0.39 is 0 Å². The maximum Gasteiger partial charge on any atom is 0.0273 e. The molecule has 0 spiro atoms. The third-order valence-electron chi connectivity index (χ3n) is 2.04. The second-order valence-corrected chi connectivity index (χ2v) is 2.67. The van der Waals surface area contributed by atoms with Gasteiger partial charge in [0.2, 0.25) is 0 Å². The van der Waals surface area contributed by atoms with Crippen molar-refractivity contribution in [3.05, 3.63) is 12.2 Å². The first-order valence-electron chi connectivity index (χ1n) is 4.47. The van der Waals surface area contributed by atoms with Crippen molar-refractivity contribution in [1.82, 2.24) is 0 Å². The number of rotatable bonds is 0. The van der Waals surface area contributed by atoms with Crippen molar-refractivity contribution in [3.8, 4) is 0 Å². The quantitative estimate of drug-likeness (QED) is 0.420. The van der Waals surface area contributed by atoms with Crippen LogP contribution in [0.1, 0.15) is 28.4 Å². The molecule has 1 saturated carbocycles. The number of allylic oxidation sites excluding steroid dienone is 2. The van der Waals surface area contributed by atoms with E-state index in [1.54, 1.807) is 0 Å². The molecule has 0 aliphatic heterocycles. The highest BCUT2D eigenvalue weighted by atomic mass is 14.3. The second kappa shape index (κ2) is 1.61. The van der Waals surface area contributed by atoms with Gasteiger partial charge in [-0.05, 0) is 37.5 Å². The molecule has 4 atom stereocenters. The SMILES string of the molecule is [2H][C@@H]1C2C=CC(CC2)[C@@H]1[2H]. The van der Waals surface area contributed by atoms with Gasteiger partial charge in [0.1, 0.15) is 0 Å². The van der Waals surface area contributed by atoms with E-state index in [4.69, 9.17) is 2.74 Å². The zero-order valence-corrected chi connectivity index (χ0v) is 4.88. The van der Waals surface area contributed by atoms with Crippen LogP contribution in [0.5, 0.6) is 0 Å². The van der Waals surface area contributed by atoms with Gasteiger partial charge in [0.25, 0.3) is 0 Å². The van der Waals surface area contributed by atoms with E-state index in [-0.39, 0.29) is 12.8 Å². The predicted octanol–water partition coefficient (Wildman–Crippen LogP) is 2.36. The fraction of sp³-hybridized carbons (Fsp3) is 0.750. The van der Waals surface area contributed by atoms with Crippen LogP contribution >= 0.6 is 0 Å². The third-order valence-corrected chi connectivity index (χ3v) is 2.04. The molecule has 3 aliphatic carbocycles. The monoisotopic (exact) mass is 110 g/mol. The Labute approximate surface area is 53.4 Å². The summed E-state index contributed by atoms with van der Waals surface area (Å²) in [5.41, 5.74) is 0. The van der Waals surface area contributed by atoms with Gasteiger partial charge >= 0.3 is 0 Å². The predicted molar refractivity (Wildman–Crippen MR) is 34.6 cm³/mol. The van der Waals surface area contributed by atoms with Gasteiger partial charge in [-0.2, -0.15) is 0 Å². The Morgan fingerprint density at radius 3 is 1.88 bits per heavy atom. The highest BCUT2D eigenvalue weighted by Gasteiger charge is 2.21. The van der Waals surface area contributed by atoms with Crippen LogP contribution in [0.25, 0.3) is 0 Å². The zero-order valence-electron chi connectivity index (χ0n) is 6.88. The highest BCUT2D eigenvalue weighted by Crippen LogP contribution is 2.35. The van der Waals surface area contributed by atoms with Gasteiger partial charge in [0.15, 0.2) is 0 Å². The van der Waals surface area contributed by atoms with Crippen LogP contribution in [0, 0.1) is 11.8 Å². The Bertz CT molecular complexity index is 147. The van der Waals surface area contributed by atoms with Crippen LogP contribution in [0.15, 0.2) is 12.2 Å². The van der Waals surface area contributed by atoms with Crippen molar-refractivity contribution in [2.24, 2.45) is 11.8 Å². The Kier molecular flexibility index (Phi) is 0.614. The van der Waals surface area contributed by atoms with Crippen molar-refractivity contribution >= 4 is 0 Å². The molecule has 0 aromatic rings. The van der Waals surface area contributed by atoms with Gasteiger partial charge < -0.3 is 0 Å². The average molecular weight is 110 g/mol. The van der Waals surface area contributed by atoms with Crippen LogP contribution in [0.4, 0.5) is 0 Å². The molecule has 0 amide bonds. The molecule has 44 valence electrons. The normalized spacial score (nSPS) is 65.0. The summed E-state index contributed by atoms with van der Waals surface area (Å²) in [5, 5.41) is 0. The van der Waals surface area contributed by atoms with Gasteiger partial charge in [-0.15, -0.1) is 0 Å². The maximum absolute atomic E-state index is 7.63. The molecule has 0 saturated heterocycles. The average Bonchev–Trinajstić information content (AvgIpc) is 2.00. The molecule has 1 fully saturated rings. The summed E-state index contributed by atoms with van der Waals surface area (Å²) in [5.74, 6) is 0.792. The van der Waals surface area contributed by atoms with Crippen LogP contribution in [0.2, 0.25) is 0 Å². The smallest absolute Gasteiger partial charge is 0.0273 e. The van der Waals surface area contributed by atoms with E-state index in [1.807, 2.05) is 0 Å². The van der Waals surface area contributed by atoms with E-state index in [2.05, 4.69) is 12.2 Å². The van der Waals surface area contributed by atoms with Crippen LogP contribution in [0.3, 0.4) is 0 Å². The van der Waals surface area contributed by atoms with Crippen molar-refractivity contribution in [2.45, 2.75) is 25.6 Å². The second-order valence-electron chi connectivity index (χ2n) is 2.67. The molecule has 0 nitrogen and oxygen atoms in total. The molecule has 0 aromatic heterocycles. The zero-order chi connectivity index (χ0) is 7.14. The molecule has 3 rings (SSSR count). The summed E-state index contributed by atoms with van der Waals surface area (Å²) in [6.07, 6.45) is 6.29.